The summed E-state index contributed by atoms with van der Waals surface area (Å²) in [5, 5.41) is 7.41. The van der Waals surface area contributed by atoms with E-state index in [2.05, 4.69) is 27.6 Å². The van der Waals surface area contributed by atoms with Gasteiger partial charge in [-0.3, -0.25) is 0 Å². The van der Waals surface area contributed by atoms with Gasteiger partial charge in [-0.25, -0.2) is 0 Å². The van der Waals surface area contributed by atoms with E-state index in [1.807, 2.05) is 36.4 Å². The molecular weight excluding hydrogens is 250 g/mol. The van der Waals surface area contributed by atoms with Crippen LogP contribution in [0.1, 0.15) is 5.56 Å². The third kappa shape index (κ3) is 1.86. The van der Waals surface area contributed by atoms with Crippen LogP contribution in [0.2, 0.25) is 0 Å². The highest BCUT2D eigenvalue weighted by Crippen LogP contribution is 2.29. The Morgan fingerprint density at radius 1 is 1.00 bits per heavy atom. The monoisotopic (exact) mass is 263 g/mol. The van der Waals surface area contributed by atoms with Crippen LogP contribution in [0.3, 0.4) is 0 Å². The van der Waals surface area contributed by atoms with Crippen molar-refractivity contribution in [1.29, 1.82) is 0 Å². The van der Waals surface area contributed by atoms with E-state index in [4.69, 9.17) is 4.52 Å². The lowest BCUT2D eigenvalue weighted by atomic mass is 10.1. The van der Waals surface area contributed by atoms with Gasteiger partial charge < -0.3 is 9.84 Å². The largest absolute Gasteiger partial charge is 0.384 e. The third-order valence-corrected chi connectivity index (χ3v) is 3.52. The highest BCUT2D eigenvalue weighted by molar-refractivity contribution is 5.67. The van der Waals surface area contributed by atoms with Crippen molar-refractivity contribution in [2.75, 3.05) is 11.9 Å². The minimum absolute atomic E-state index is 0.556. The van der Waals surface area contributed by atoms with Crippen LogP contribution in [0.15, 0.2) is 53.1 Å². The van der Waals surface area contributed by atoms with Crippen LogP contribution in [0.5, 0.6) is 0 Å². The lowest BCUT2D eigenvalue weighted by molar-refractivity contribution is 0.432. The molecule has 1 N–H and O–H groups in total. The third-order valence-electron chi connectivity index (χ3n) is 3.52. The average Bonchev–Trinajstić information content (AvgIpc) is 3.16. The maximum Gasteiger partial charge on any atom is 0.258 e. The van der Waals surface area contributed by atoms with E-state index in [1.54, 1.807) is 0 Å². The first-order valence-corrected chi connectivity index (χ1v) is 6.66. The van der Waals surface area contributed by atoms with Crippen molar-refractivity contribution >= 4 is 5.69 Å². The summed E-state index contributed by atoms with van der Waals surface area (Å²) in [7, 11) is 0. The molecule has 0 aliphatic carbocycles. The van der Waals surface area contributed by atoms with E-state index in [0.717, 1.165) is 24.1 Å². The van der Waals surface area contributed by atoms with E-state index in [1.165, 1.54) is 11.3 Å². The fraction of sp³-hybridized carbons (Fsp3) is 0.125. The Kier molecular flexibility index (Phi) is 2.52. The Labute approximate surface area is 116 Å². The first-order chi connectivity index (χ1) is 9.90. The molecule has 4 heteroatoms. The summed E-state index contributed by atoms with van der Waals surface area (Å²) in [6.45, 7) is 0.998. The summed E-state index contributed by atoms with van der Waals surface area (Å²) < 4.78 is 5.38. The van der Waals surface area contributed by atoms with Gasteiger partial charge in [0.15, 0.2) is 0 Å². The number of fused-ring (bicyclic) bond motifs is 1. The number of hydrogen-bond donors (Lipinski definition) is 1. The normalized spacial score (nSPS) is 13.0. The van der Waals surface area contributed by atoms with Crippen LogP contribution in [-0.2, 0) is 6.42 Å². The summed E-state index contributed by atoms with van der Waals surface area (Å²) in [6.07, 6.45) is 1.08. The zero-order valence-electron chi connectivity index (χ0n) is 10.8. The summed E-state index contributed by atoms with van der Waals surface area (Å²) in [5.41, 5.74) is 4.42. The highest BCUT2D eigenvalue weighted by Gasteiger charge is 2.14. The van der Waals surface area contributed by atoms with Gasteiger partial charge in [0.1, 0.15) is 0 Å². The molecule has 2 aromatic carbocycles. The Morgan fingerprint density at radius 2 is 1.90 bits per heavy atom. The minimum atomic E-state index is 0.556. The van der Waals surface area contributed by atoms with Crippen molar-refractivity contribution in [2.45, 2.75) is 6.42 Å². The van der Waals surface area contributed by atoms with Gasteiger partial charge >= 0.3 is 0 Å². The van der Waals surface area contributed by atoms with E-state index in [0.29, 0.717) is 11.7 Å². The second kappa shape index (κ2) is 4.49. The molecule has 0 atom stereocenters. The lowest BCUT2D eigenvalue weighted by Gasteiger charge is -2.00. The molecule has 98 valence electrons. The number of anilines is 1. The second-order valence-corrected chi connectivity index (χ2v) is 4.84. The topological polar surface area (TPSA) is 51.0 Å². The number of aromatic nitrogens is 2. The van der Waals surface area contributed by atoms with Gasteiger partial charge in [0, 0.05) is 23.4 Å². The zero-order chi connectivity index (χ0) is 13.4. The minimum Gasteiger partial charge on any atom is -0.384 e. The SMILES string of the molecule is c1ccc(-c2noc(-c3ccc4c(c3)NCC4)n2)cc1. The molecule has 4 nitrogen and oxygen atoms in total. The summed E-state index contributed by atoms with van der Waals surface area (Å²) in [4.78, 5) is 4.47. The van der Waals surface area contributed by atoms with Gasteiger partial charge in [0.25, 0.3) is 5.89 Å². The van der Waals surface area contributed by atoms with Gasteiger partial charge in [-0.15, -0.1) is 0 Å². The van der Waals surface area contributed by atoms with Crippen molar-refractivity contribution in [3.05, 3.63) is 54.1 Å². The van der Waals surface area contributed by atoms with Gasteiger partial charge in [0.05, 0.1) is 0 Å². The highest BCUT2D eigenvalue weighted by atomic mass is 16.5. The first kappa shape index (κ1) is 11.2. The smallest absolute Gasteiger partial charge is 0.258 e. The van der Waals surface area contributed by atoms with Crippen molar-refractivity contribution in [3.8, 4) is 22.8 Å². The van der Waals surface area contributed by atoms with Crippen molar-refractivity contribution < 1.29 is 4.52 Å². The second-order valence-electron chi connectivity index (χ2n) is 4.84. The van der Waals surface area contributed by atoms with E-state index >= 15 is 0 Å². The zero-order valence-corrected chi connectivity index (χ0v) is 10.8. The molecule has 0 fully saturated rings. The number of nitrogens with zero attached hydrogens (tertiary/aromatic N) is 2. The predicted molar refractivity (Wildman–Crippen MR) is 77.4 cm³/mol. The van der Waals surface area contributed by atoms with Crippen LogP contribution >= 0.6 is 0 Å². The molecule has 1 aliphatic heterocycles. The number of rotatable bonds is 2. The summed E-state index contributed by atoms with van der Waals surface area (Å²) >= 11 is 0. The first-order valence-electron chi connectivity index (χ1n) is 6.66. The molecule has 0 saturated carbocycles. The Balaban J connectivity index is 1.72. The fourth-order valence-electron chi connectivity index (χ4n) is 2.47. The molecule has 0 unspecified atom stereocenters. The molecule has 4 rings (SSSR count). The van der Waals surface area contributed by atoms with E-state index in [-0.39, 0.29) is 0 Å². The molecule has 0 spiro atoms. The molecule has 0 saturated heterocycles. The Bertz CT molecular complexity index is 749. The standard InChI is InChI=1S/C16H13N3O/c1-2-4-12(5-3-1)15-18-16(20-19-15)13-7-6-11-8-9-17-14(11)10-13/h1-7,10,17H,8-9H2. The molecule has 20 heavy (non-hydrogen) atoms. The average molecular weight is 263 g/mol. The molecular formula is C16H13N3O. The van der Waals surface area contributed by atoms with Crippen molar-refractivity contribution in [3.63, 3.8) is 0 Å². The maximum absolute atomic E-state index is 5.38. The van der Waals surface area contributed by atoms with Gasteiger partial charge in [-0.2, -0.15) is 4.98 Å². The van der Waals surface area contributed by atoms with E-state index < -0.39 is 0 Å². The van der Waals surface area contributed by atoms with Crippen molar-refractivity contribution in [2.24, 2.45) is 0 Å². The molecule has 0 amide bonds. The van der Waals surface area contributed by atoms with Crippen molar-refractivity contribution in [1.82, 2.24) is 10.1 Å². The quantitative estimate of drug-likeness (QED) is 0.770. The van der Waals surface area contributed by atoms with Crippen LogP contribution in [0.4, 0.5) is 5.69 Å². The molecule has 1 aliphatic rings. The molecule has 3 aromatic rings. The number of hydrogen-bond acceptors (Lipinski definition) is 4. The maximum atomic E-state index is 5.38. The van der Waals surface area contributed by atoms with Gasteiger partial charge in [0.2, 0.25) is 5.82 Å². The number of benzene rings is 2. The fourth-order valence-corrected chi connectivity index (χ4v) is 2.47. The molecule has 2 heterocycles. The lowest BCUT2D eigenvalue weighted by Crippen LogP contribution is -1.91. The number of nitrogens with one attached hydrogen (secondary N) is 1. The van der Waals surface area contributed by atoms with Gasteiger partial charge in [-0.1, -0.05) is 41.6 Å². The predicted octanol–water partition coefficient (Wildman–Crippen LogP) is 3.37. The Hall–Kier alpha value is -2.62. The summed E-state index contributed by atoms with van der Waals surface area (Å²) in [5.74, 6) is 1.18. The van der Waals surface area contributed by atoms with Crippen LogP contribution in [-0.4, -0.2) is 16.7 Å². The summed E-state index contributed by atoms with van der Waals surface area (Å²) in [6, 6.07) is 16.1. The van der Waals surface area contributed by atoms with Crippen LogP contribution in [0, 0.1) is 0 Å². The molecule has 0 bridgehead atoms. The Morgan fingerprint density at radius 3 is 2.80 bits per heavy atom. The van der Waals surface area contributed by atoms with Gasteiger partial charge in [-0.05, 0) is 24.1 Å². The molecule has 0 radical (unpaired) electrons. The van der Waals surface area contributed by atoms with E-state index in [9.17, 15) is 0 Å². The van der Waals surface area contributed by atoms with Crippen LogP contribution in [0.25, 0.3) is 22.8 Å². The van der Waals surface area contributed by atoms with Crippen LogP contribution < -0.4 is 5.32 Å². The molecule has 1 aromatic heterocycles.